The van der Waals surface area contributed by atoms with Crippen LogP contribution >= 0.6 is 0 Å². The van der Waals surface area contributed by atoms with Crippen LogP contribution in [0.3, 0.4) is 0 Å². The predicted molar refractivity (Wildman–Crippen MR) is 87.8 cm³/mol. The Bertz CT molecular complexity index is 405. The molecule has 1 N–H and O–H groups in total. The molecule has 2 atom stereocenters. The van der Waals surface area contributed by atoms with Crippen LogP contribution in [0.2, 0.25) is 0 Å². The van der Waals surface area contributed by atoms with Crippen LogP contribution in [0, 0.1) is 5.92 Å². The summed E-state index contributed by atoms with van der Waals surface area (Å²) in [6, 6.07) is 0.411. The van der Waals surface area contributed by atoms with Gasteiger partial charge in [0.15, 0.2) is 0 Å². The molecule has 0 aromatic rings. The van der Waals surface area contributed by atoms with Crippen LogP contribution in [-0.2, 0) is 10.0 Å². The molecule has 124 valence electrons. The fourth-order valence-electron chi connectivity index (χ4n) is 3.73. The first-order valence-electron chi connectivity index (χ1n) is 8.78. The first-order valence-corrected chi connectivity index (χ1v) is 10.3. The summed E-state index contributed by atoms with van der Waals surface area (Å²) in [5, 5.41) is 3.42. The Morgan fingerprint density at radius 3 is 2.52 bits per heavy atom. The van der Waals surface area contributed by atoms with E-state index >= 15 is 0 Å². The second kappa shape index (κ2) is 7.93. The summed E-state index contributed by atoms with van der Waals surface area (Å²) in [5.74, 6) is 0.462. The number of sulfonamides is 1. The highest BCUT2D eigenvalue weighted by molar-refractivity contribution is 7.89. The monoisotopic (exact) mass is 316 g/mol. The van der Waals surface area contributed by atoms with E-state index in [1.807, 2.05) is 0 Å². The van der Waals surface area contributed by atoms with Crippen molar-refractivity contribution in [2.24, 2.45) is 5.92 Å². The molecule has 0 bridgehead atoms. The standard InChI is InChI=1S/C16H32N2O2S/c1-3-11-17-14(2)15-8-7-12-18(13-15)21(19,20)16-9-5-4-6-10-16/h14-17H,3-13H2,1-2H3. The first-order chi connectivity index (χ1) is 10.1. The molecule has 4 nitrogen and oxygen atoms in total. The largest absolute Gasteiger partial charge is 0.314 e. The Kier molecular flexibility index (Phi) is 6.51. The summed E-state index contributed by atoms with van der Waals surface area (Å²) >= 11 is 0. The van der Waals surface area contributed by atoms with Crippen molar-refractivity contribution >= 4 is 10.0 Å². The zero-order chi connectivity index (χ0) is 15.3. The molecule has 0 aromatic carbocycles. The van der Waals surface area contributed by atoms with Crippen LogP contribution in [-0.4, -0.2) is 43.6 Å². The van der Waals surface area contributed by atoms with E-state index in [1.165, 1.54) is 6.42 Å². The van der Waals surface area contributed by atoms with Gasteiger partial charge in [-0.05, 0) is 51.5 Å². The van der Waals surface area contributed by atoms with Gasteiger partial charge in [0, 0.05) is 19.1 Å². The van der Waals surface area contributed by atoms with E-state index in [-0.39, 0.29) is 5.25 Å². The maximum absolute atomic E-state index is 12.8. The summed E-state index contributed by atoms with van der Waals surface area (Å²) in [5.41, 5.74) is 0. The van der Waals surface area contributed by atoms with E-state index in [4.69, 9.17) is 0 Å². The maximum Gasteiger partial charge on any atom is 0.216 e. The Hall–Kier alpha value is -0.130. The lowest BCUT2D eigenvalue weighted by atomic mass is 9.93. The van der Waals surface area contributed by atoms with Crippen molar-refractivity contribution < 1.29 is 8.42 Å². The molecule has 0 amide bonds. The van der Waals surface area contributed by atoms with E-state index in [9.17, 15) is 8.42 Å². The Balaban J connectivity index is 1.96. The van der Waals surface area contributed by atoms with Gasteiger partial charge in [0.05, 0.1) is 5.25 Å². The van der Waals surface area contributed by atoms with Gasteiger partial charge in [-0.2, -0.15) is 0 Å². The molecule has 1 saturated heterocycles. The summed E-state index contributed by atoms with van der Waals surface area (Å²) in [7, 11) is -3.07. The molecule has 2 fully saturated rings. The van der Waals surface area contributed by atoms with Crippen molar-refractivity contribution in [1.82, 2.24) is 9.62 Å². The van der Waals surface area contributed by atoms with E-state index in [0.717, 1.165) is 64.6 Å². The van der Waals surface area contributed by atoms with Crippen LogP contribution < -0.4 is 5.32 Å². The summed E-state index contributed by atoms with van der Waals surface area (Å²) in [4.78, 5) is 0. The van der Waals surface area contributed by atoms with E-state index < -0.39 is 10.0 Å². The molecule has 0 aromatic heterocycles. The summed E-state index contributed by atoms with van der Waals surface area (Å²) in [6.07, 6.45) is 8.38. The lowest BCUT2D eigenvalue weighted by Crippen LogP contribution is -2.49. The van der Waals surface area contributed by atoms with Gasteiger partial charge in [-0.3, -0.25) is 0 Å². The third-order valence-electron chi connectivity index (χ3n) is 5.18. The minimum Gasteiger partial charge on any atom is -0.314 e. The molecule has 0 spiro atoms. The fourth-order valence-corrected chi connectivity index (χ4v) is 5.86. The van der Waals surface area contributed by atoms with Gasteiger partial charge in [-0.15, -0.1) is 0 Å². The van der Waals surface area contributed by atoms with Gasteiger partial charge in [0.2, 0.25) is 10.0 Å². The molecule has 2 rings (SSSR count). The van der Waals surface area contributed by atoms with Gasteiger partial charge in [0.25, 0.3) is 0 Å². The molecule has 1 aliphatic carbocycles. The van der Waals surface area contributed by atoms with Crippen LogP contribution in [0.15, 0.2) is 0 Å². The minimum absolute atomic E-state index is 0.107. The molecule has 2 aliphatic rings. The van der Waals surface area contributed by atoms with Gasteiger partial charge < -0.3 is 5.32 Å². The van der Waals surface area contributed by atoms with Gasteiger partial charge in [-0.25, -0.2) is 12.7 Å². The first kappa shape index (κ1) is 17.2. The lowest BCUT2D eigenvalue weighted by molar-refractivity contribution is 0.221. The van der Waals surface area contributed by atoms with Crippen LogP contribution in [0.4, 0.5) is 0 Å². The Morgan fingerprint density at radius 2 is 1.86 bits per heavy atom. The van der Waals surface area contributed by atoms with Crippen LogP contribution in [0.1, 0.15) is 65.2 Å². The van der Waals surface area contributed by atoms with E-state index in [2.05, 4.69) is 19.2 Å². The highest BCUT2D eigenvalue weighted by Crippen LogP contribution is 2.29. The maximum atomic E-state index is 12.8. The lowest BCUT2D eigenvalue weighted by Gasteiger charge is -2.37. The molecule has 1 heterocycles. The Morgan fingerprint density at radius 1 is 1.14 bits per heavy atom. The quantitative estimate of drug-likeness (QED) is 0.820. The van der Waals surface area contributed by atoms with Crippen molar-refractivity contribution in [1.29, 1.82) is 0 Å². The van der Waals surface area contributed by atoms with Gasteiger partial charge >= 0.3 is 0 Å². The second-order valence-corrected chi connectivity index (χ2v) is 9.02. The number of nitrogens with zero attached hydrogens (tertiary/aromatic N) is 1. The second-order valence-electron chi connectivity index (χ2n) is 6.81. The van der Waals surface area contributed by atoms with Crippen LogP contribution in [0.25, 0.3) is 0 Å². The summed E-state index contributed by atoms with van der Waals surface area (Å²) in [6.45, 7) is 6.84. The van der Waals surface area contributed by atoms with Gasteiger partial charge in [0.1, 0.15) is 0 Å². The molecule has 2 unspecified atom stereocenters. The zero-order valence-corrected chi connectivity index (χ0v) is 14.5. The minimum atomic E-state index is -3.07. The topological polar surface area (TPSA) is 49.4 Å². The average molecular weight is 317 g/mol. The third kappa shape index (κ3) is 4.42. The van der Waals surface area contributed by atoms with Crippen molar-refractivity contribution in [3.8, 4) is 0 Å². The molecule has 5 heteroatoms. The van der Waals surface area contributed by atoms with Crippen molar-refractivity contribution in [3.05, 3.63) is 0 Å². The number of piperidine rings is 1. The molecular formula is C16H32N2O2S. The normalized spacial score (nSPS) is 27.6. The average Bonchev–Trinajstić information content (AvgIpc) is 2.53. The third-order valence-corrected chi connectivity index (χ3v) is 7.54. The van der Waals surface area contributed by atoms with E-state index in [1.54, 1.807) is 4.31 Å². The van der Waals surface area contributed by atoms with E-state index in [0.29, 0.717) is 12.0 Å². The molecule has 1 saturated carbocycles. The fraction of sp³-hybridized carbons (Fsp3) is 1.00. The van der Waals surface area contributed by atoms with Crippen molar-refractivity contribution in [2.75, 3.05) is 19.6 Å². The smallest absolute Gasteiger partial charge is 0.216 e. The van der Waals surface area contributed by atoms with Crippen molar-refractivity contribution in [3.63, 3.8) is 0 Å². The predicted octanol–water partition coefficient (Wildman–Crippen LogP) is 2.75. The number of nitrogens with one attached hydrogen (secondary N) is 1. The highest BCUT2D eigenvalue weighted by atomic mass is 32.2. The SMILES string of the molecule is CCCNC(C)C1CCCN(S(=O)(=O)C2CCCCC2)C1. The molecular weight excluding hydrogens is 284 g/mol. The summed E-state index contributed by atoms with van der Waals surface area (Å²) < 4.78 is 27.5. The number of hydrogen-bond donors (Lipinski definition) is 1. The molecule has 0 radical (unpaired) electrons. The molecule has 21 heavy (non-hydrogen) atoms. The number of hydrogen-bond acceptors (Lipinski definition) is 3. The molecule has 1 aliphatic heterocycles. The highest BCUT2D eigenvalue weighted by Gasteiger charge is 2.36. The zero-order valence-electron chi connectivity index (χ0n) is 13.7. The van der Waals surface area contributed by atoms with Crippen molar-refractivity contribution in [2.45, 2.75) is 76.5 Å². The van der Waals surface area contributed by atoms with Gasteiger partial charge in [-0.1, -0.05) is 26.2 Å². The van der Waals surface area contributed by atoms with Crippen LogP contribution in [0.5, 0.6) is 0 Å². The number of rotatable bonds is 6. The Labute approximate surface area is 130 Å².